The third-order valence-electron chi connectivity index (χ3n) is 5.55. The van der Waals surface area contributed by atoms with Crippen LogP contribution in [0.4, 0.5) is 5.82 Å². The minimum atomic E-state index is -0.570. The van der Waals surface area contributed by atoms with Crippen LogP contribution in [-0.2, 0) is 9.67 Å². The minimum Gasteiger partial charge on any atom is -0.485 e. The Balaban J connectivity index is 1.45. The summed E-state index contributed by atoms with van der Waals surface area (Å²) < 4.78 is 11.3. The zero-order chi connectivity index (χ0) is 24.1. The number of nitrogens with zero attached hydrogens (tertiary/aromatic N) is 5. The number of nitrogens with two attached hydrogens (primary N) is 1. The Kier molecular flexibility index (Phi) is 7.98. The van der Waals surface area contributed by atoms with Gasteiger partial charge >= 0.3 is 0 Å². The molecule has 178 valence electrons. The van der Waals surface area contributed by atoms with Gasteiger partial charge in [0.05, 0.1) is 16.1 Å². The molecule has 1 fully saturated rings. The first-order chi connectivity index (χ1) is 16.3. The molecule has 3 aromatic rings. The Morgan fingerprint density at radius 3 is 2.76 bits per heavy atom. The maximum Gasteiger partial charge on any atom is 0.166 e. The number of hydrogen-bond acceptors (Lipinski definition) is 9. The van der Waals surface area contributed by atoms with Crippen molar-refractivity contribution in [1.82, 2.24) is 25.1 Å². The maximum atomic E-state index is 6.09. The molecule has 0 aliphatic carbocycles. The first kappa shape index (κ1) is 24.8. The van der Waals surface area contributed by atoms with E-state index < -0.39 is 5.60 Å². The Morgan fingerprint density at radius 1 is 1.21 bits per heavy atom. The van der Waals surface area contributed by atoms with Gasteiger partial charge < -0.3 is 15.4 Å². The summed E-state index contributed by atoms with van der Waals surface area (Å²) in [6.07, 6.45) is 7.63. The number of halogens is 1. The van der Waals surface area contributed by atoms with Crippen molar-refractivity contribution in [1.29, 1.82) is 0 Å². The molecule has 34 heavy (non-hydrogen) atoms. The fourth-order valence-electron chi connectivity index (χ4n) is 3.51. The first-order valence-electron chi connectivity index (χ1n) is 11.0. The number of nitrogen functional groups attached to an aromatic ring is 1. The lowest BCUT2D eigenvalue weighted by Crippen LogP contribution is -2.29. The second kappa shape index (κ2) is 10.9. The summed E-state index contributed by atoms with van der Waals surface area (Å²) in [4.78, 5) is 12.5. The molecule has 8 nitrogen and oxygen atoms in total. The number of rotatable bonds is 6. The molecular weight excluding hydrogens is 563 g/mol. The standard InChI is InChI=1S/C24H27IN6O2S/c1-24(2,33-25)7-4-19-10-16(12-29-30-19)15-32-20-11-18(13-27-22(20)26)21-14-28-23(34-21)17-5-8-31(3)9-6-17/h10-14,17H,5-6,8-9,15H2,1-3H3,(H2,26,27). The lowest BCUT2D eigenvalue weighted by atomic mass is 9.98. The van der Waals surface area contributed by atoms with Gasteiger partial charge in [0.25, 0.3) is 0 Å². The number of hydrogen-bond donors (Lipinski definition) is 1. The highest BCUT2D eigenvalue weighted by atomic mass is 127. The van der Waals surface area contributed by atoms with Crippen LogP contribution < -0.4 is 10.5 Å². The van der Waals surface area contributed by atoms with E-state index in [2.05, 4.69) is 39.0 Å². The van der Waals surface area contributed by atoms with Crippen molar-refractivity contribution < 1.29 is 7.80 Å². The van der Waals surface area contributed by atoms with Crippen LogP contribution in [0, 0.1) is 11.8 Å². The van der Waals surface area contributed by atoms with E-state index in [-0.39, 0.29) is 6.61 Å². The topological polar surface area (TPSA) is 99.3 Å². The molecule has 0 radical (unpaired) electrons. The number of piperidine rings is 1. The van der Waals surface area contributed by atoms with Crippen molar-refractivity contribution in [3.05, 3.63) is 47.0 Å². The highest BCUT2D eigenvalue weighted by molar-refractivity contribution is 14.1. The SMILES string of the molecule is CN1CCC(c2ncc(-c3cnc(N)c(OCc4cnnc(C#CC(C)(C)OI)c4)c3)s2)CC1. The number of anilines is 1. The molecule has 4 heterocycles. The average Bonchev–Trinajstić information content (AvgIpc) is 3.33. The van der Waals surface area contributed by atoms with E-state index >= 15 is 0 Å². The molecule has 1 saturated heterocycles. The third-order valence-corrected chi connectivity index (χ3v) is 7.86. The zero-order valence-electron chi connectivity index (χ0n) is 19.4. The Bertz CT molecular complexity index is 1200. The molecule has 10 heteroatoms. The second-order valence-corrected chi connectivity index (χ2v) is 10.3. The summed E-state index contributed by atoms with van der Waals surface area (Å²) in [5.41, 5.74) is 7.85. The second-order valence-electron chi connectivity index (χ2n) is 8.82. The zero-order valence-corrected chi connectivity index (χ0v) is 22.4. The fraction of sp³-hybridized carbons (Fsp3) is 0.417. The van der Waals surface area contributed by atoms with E-state index in [1.807, 2.05) is 55.2 Å². The number of likely N-dealkylation sites (tertiary alicyclic amines) is 1. The summed E-state index contributed by atoms with van der Waals surface area (Å²) in [6.45, 7) is 6.27. The number of thiazole rings is 1. The molecule has 3 aromatic heterocycles. The number of ether oxygens (including phenoxy) is 1. The molecule has 0 bridgehead atoms. The average molecular weight is 590 g/mol. The van der Waals surface area contributed by atoms with Crippen LogP contribution in [0.1, 0.15) is 48.9 Å². The van der Waals surface area contributed by atoms with Gasteiger partial charge in [-0.15, -0.1) is 16.4 Å². The highest BCUT2D eigenvalue weighted by Crippen LogP contribution is 2.36. The van der Waals surface area contributed by atoms with Gasteiger partial charge in [0.1, 0.15) is 40.9 Å². The van der Waals surface area contributed by atoms with Crippen molar-refractivity contribution in [2.24, 2.45) is 0 Å². The first-order valence-corrected chi connectivity index (χ1v) is 12.7. The summed E-state index contributed by atoms with van der Waals surface area (Å²) in [5, 5.41) is 9.29. The van der Waals surface area contributed by atoms with Crippen LogP contribution in [0.3, 0.4) is 0 Å². The van der Waals surface area contributed by atoms with Crippen LogP contribution >= 0.6 is 34.3 Å². The Labute approximate surface area is 218 Å². The van der Waals surface area contributed by atoms with Crippen LogP contribution in [0.2, 0.25) is 0 Å². The molecule has 0 atom stereocenters. The van der Waals surface area contributed by atoms with E-state index in [0.717, 1.165) is 41.9 Å². The molecule has 0 unspecified atom stereocenters. The number of pyridine rings is 1. The van der Waals surface area contributed by atoms with Crippen molar-refractivity contribution in [2.45, 2.75) is 44.8 Å². The van der Waals surface area contributed by atoms with Crippen molar-refractivity contribution in [3.8, 4) is 28.0 Å². The van der Waals surface area contributed by atoms with Gasteiger partial charge in [0, 0.05) is 29.4 Å². The van der Waals surface area contributed by atoms with Gasteiger partial charge in [-0.2, -0.15) is 5.10 Å². The van der Waals surface area contributed by atoms with Gasteiger partial charge in [-0.3, -0.25) is 3.07 Å². The van der Waals surface area contributed by atoms with Gasteiger partial charge in [-0.25, -0.2) is 9.97 Å². The molecule has 0 amide bonds. The quantitative estimate of drug-likeness (QED) is 0.332. The molecule has 0 saturated carbocycles. The Hall–Kier alpha value is -2.33. The fourth-order valence-corrected chi connectivity index (χ4v) is 4.69. The van der Waals surface area contributed by atoms with Crippen LogP contribution in [0.25, 0.3) is 10.4 Å². The molecule has 2 N–H and O–H groups in total. The summed E-state index contributed by atoms with van der Waals surface area (Å²) >= 11 is 3.56. The summed E-state index contributed by atoms with van der Waals surface area (Å²) in [5.74, 6) is 7.41. The Morgan fingerprint density at radius 2 is 2.00 bits per heavy atom. The van der Waals surface area contributed by atoms with Crippen LogP contribution in [0.15, 0.2) is 30.7 Å². The van der Waals surface area contributed by atoms with E-state index in [4.69, 9.17) is 18.5 Å². The van der Waals surface area contributed by atoms with E-state index in [9.17, 15) is 0 Å². The van der Waals surface area contributed by atoms with Gasteiger partial charge in [-0.1, -0.05) is 5.92 Å². The normalized spacial score (nSPS) is 15.1. The van der Waals surface area contributed by atoms with E-state index in [1.54, 1.807) is 23.7 Å². The lowest BCUT2D eigenvalue weighted by Gasteiger charge is -2.27. The van der Waals surface area contributed by atoms with Gasteiger partial charge in [-0.05, 0) is 64.9 Å². The predicted octanol–water partition coefficient (Wildman–Crippen LogP) is 4.46. The van der Waals surface area contributed by atoms with Crippen molar-refractivity contribution in [2.75, 3.05) is 25.9 Å². The molecule has 0 aromatic carbocycles. The summed E-state index contributed by atoms with van der Waals surface area (Å²) in [6, 6.07) is 3.76. The lowest BCUT2D eigenvalue weighted by molar-refractivity contribution is 0.251. The summed E-state index contributed by atoms with van der Waals surface area (Å²) in [7, 11) is 2.17. The molecule has 1 aliphatic heterocycles. The van der Waals surface area contributed by atoms with Crippen LogP contribution in [-0.4, -0.2) is 50.8 Å². The van der Waals surface area contributed by atoms with Gasteiger partial charge in [0.2, 0.25) is 0 Å². The highest BCUT2D eigenvalue weighted by Gasteiger charge is 2.21. The monoisotopic (exact) mass is 590 g/mol. The predicted molar refractivity (Wildman–Crippen MR) is 142 cm³/mol. The van der Waals surface area contributed by atoms with Crippen molar-refractivity contribution >= 4 is 40.2 Å². The molecule has 0 spiro atoms. The number of aromatic nitrogens is 4. The van der Waals surface area contributed by atoms with Crippen LogP contribution in [0.5, 0.6) is 5.75 Å². The van der Waals surface area contributed by atoms with Crippen molar-refractivity contribution in [3.63, 3.8) is 0 Å². The molecule has 4 rings (SSSR count). The third kappa shape index (κ3) is 6.41. The van der Waals surface area contributed by atoms with Gasteiger partial charge in [0.15, 0.2) is 11.6 Å². The molecular formula is C24H27IN6O2S. The maximum absolute atomic E-state index is 6.09. The molecule has 1 aliphatic rings. The largest absolute Gasteiger partial charge is 0.485 e. The minimum absolute atomic E-state index is 0.273. The van der Waals surface area contributed by atoms with E-state index in [1.165, 1.54) is 5.01 Å². The smallest absolute Gasteiger partial charge is 0.166 e. The van der Waals surface area contributed by atoms with E-state index in [0.29, 0.717) is 23.2 Å².